The van der Waals surface area contributed by atoms with E-state index in [4.69, 9.17) is 5.73 Å². The van der Waals surface area contributed by atoms with Crippen LogP contribution in [0, 0.1) is 5.92 Å². The molecule has 1 fully saturated rings. The minimum absolute atomic E-state index is 0.0950. The van der Waals surface area contributed by atoms with Crippen LogP contribution < -0.4 is 10.5 Å². The summed E-state index contributed by atoms with van der Waals surface area (Å²) >= 11 is 0. The second-order valence-corrected chi connectivity index (χ2v) is 6.46. The van der Waals surface area contributed by atoms with E-state index < -0.39 is 10.2 Å². The molecule has 3 N–H and O–H groups in total. The molecule has 1 heterocycles. The molecule has 1 unspecified atom stereocenters. The van der Waals surface area contributed by atoms with E-state index in [-0.39, 0.29) is 6.04 Å². The van der Waals surface area contributed by atoms with Crippen molar-refractivity contribution < 1.29 is 8.42 Å². The van der Waals surface area contributed by atoms with E-state index in [1.807, 2.05) is 0 Å². The molecule has 1 rings (SSSR count). The zero-order valence-corrected chi connectivity index (χ0v) is 11.7. The van der Waals surface area contributed by atoms with Gasteiger partial charge in [0.2, 0.25) is 0 Å². The normalized spacial score (nSPS) is 20.0. The van der Waals surface area contributed by atoms with Gasteiger partial charge in [-0.2, -0.15) is 12.7 Å². The Morgan fingerprint density at radius 1 is 1.24 bits per heavy atom. The minimum atomic E-state index is -3.30. The third-order valence-electron chi connectivity index (χ3n) is 3.56. The Hall–Kier alpha value is -0.170. The van der Waals surface area contributed by atoms with Crippen molar-refractivity contribution in [3.05, 3.63) is 0 Å². The number of rotatable bonds is 7. The van der Waals surface area contributed by atoms with Gasteiger partial charge in [-0.1, -0.05) is 26.7 Å². The Labute approximate surface area is 105 Å². The van der Waals surface area contributed by atoms with Crippen LogP contribution in [0.2, 0.25) is 0 Å². The van der Waals surface area contributed by atoms with Gasteiger partial charge < -0.3 is 5.73 Å². The van der Waals surface area contributed by atoms with Crippen molar-refractivity contribution in [1.82, 2.24) is 9.03 Å². The fraction of sp³-hybridized carbons (Fsp3) is 1.00. The average Bonchev–Trinajstić information content (AvgIpc) is 2.82. The molecule has 1 atom stereocenters. The number of nitrogens with zero attached hydrogens (tertiary/aromatic N) is 1. The molecule has 1 saturated heterocycles. The predicted octanol–water partition coefficient (Wildman–Crippen LogP) is 0.680. The van der Waals surface area contributed by atoms with E-state index in [2.05, 4.69) is 18.6 Å². The van der Waals surface area contributed by atoms with Crippen LogP contribution >= 0.6 is 0 Å². The second kappa shape index (κ2) is 6.68. The van der Waals surface area contributed by atoms with Gasteiger partial charge in [-0.15, -0.1) is 0 Å². The molecule has 0 spiro atoms. The molecule has 0 aromatic rings. The summed E-state index contributed by atoms with van der Waals surface area (Å²) in [5, 5.41) is 0. The van der Waals surface area contributed by atoms with Gasteiger partial charge in [-0.05, 0) is 18.8 Å². The molecular weight excluding hydrogens is 238 g/mol. The van der Waals surface area contributed by atoms with E-state index in [0.29, 0.717) is 25.6 Å². The third kappa shape index (κ3) is 4.21. The van der Waals surface area contributed by atoms with E-state index in [9.17, 15) is 8.42 Å². The summed E-state index contributed by atoms with van der Waals surface area (Å²) in [4.78, 5) is 0. The lowest BCUT2D eigenvalue weighted by Crippen LogP contribution is -2.46. The van der Waals surface area contributed by atoms with E-state index in [1.165, 1.54) is 4.31 Å². The van der Waals surface area contributed by atoms with Gasteiger partial charge in [0.25, 0.3) is 10.2 Å². The highest BCUT2D eigenvalue weighted by Crippen LogP contribution is 2.13. The topological polar surface area (TPSA) is 75.4 Å². The predicted molar refractivity (Wildman–Crippen MR) is 69.8 cm³/mol. The zero-order valence-electron chi connectivity index (χ0n) is 10.9. The summed E-state index contributed by atoms with van der Waals surface area (Å²) in [6.07, 6.45) is 3.89. The first-order valence-corrected chi connectivity index (χ1v) is 7.95. The van der Waals surface area contributed by atoms with Gasteiger partial charge in [-0.3, -0.25) is 0 Å². The standard InChI is InChI=1S/C11H25N3O2S/c1-3-10(4-2)11(12)9-13-17(15,16)14-7-5-6-8-14/h10-11,13H,3-9,12H2,1-2H3. The molecule has 0 aromatic heterocycles. The highest BCUT2D eigenvalue weighted by molar-refractivity contribution is 7.87. The van der Waals surface area contributed by atoms with Crippen LogP contribution in [0.1, 0.15) is 39.5 Å². The summed E-state index contributed by atoms with van der Waals surface area (Å²) in [7, 11) is -3.30. The van der Waals surface area contributed by atoms with E-state index in [0.717, 1.165) is 25.7 Å². The van der Waals surface area contributed by atoms with Crippen molar-refractivity contribution >= 4 is 10.2 Å². The molecule has 0 aromatic carbocycles. The molecule has 1 aliphatic rings. The van der Waals surface area contributed by atoms with E-state index in [1.54, 1.807) is 0 Å². The van der Waals surface area contributed by atoms with Crippen LogP contribution in [-0.4, -0.2) is 38.4 Å². The minimum Gasteiger partial charge on any atom is -0.326 e. The summed E-state index contributed by atoms with van der Waals surface area (Å²) in [6, 6.07) is -0.0950. The van der Waals surface area contributed by atoms with Gasteiger partial charge in [-0.25, -0.2) is 4.72 Å². The molecule has 5 nitrogen and oxygen atoms in total. The van der Waals surface area contributed by atoms with Crippen LogP contribution in [0.25, 0.3) is 0 Å². The first kappa shape index (κ1) is 14.9. The second-order valence-electron chi connectivity index (χ2n) is 4.70. The molecule has 0 bridgehead atoms. The lowest BCUT2D eigenvalue weighted by molar-refractivity contribution is 0.386. The van der Waals surface area contributed by atoms with Crippen molar-refractivity contribution in [3.8, 4) is 0 Å². The van der Waals surface area contributed by atoms with Gasteiger partial charge in [0.05, 0.1) is 0 Å². The maximum Gasteiger partial charge on any atom is 0.279 e. The van der Waals surface area contributed by atoms with Crippen molar-refractivity contribution in [1.29, 1.82) is 0 Å². The number of hydrogen-bond donors (Lipinski definition) is 2. The van der Waals surface area contributed by atoms with Crippen LogP contribution in [-0.2, 0) is 10.2 Å². The zero-order chi connectivity index (χ0) is 12.9. The van der Waals surface area contributed by atoms with Crippen molar-refractivity contribution in [2.45, 2.75) is 45.6 Å². The molecule has 0 amide bonds. The first-order valence-electron chi connectivity index (χ1n) is 6.51. The maximum atomic E-state index is 11.9. The molecule has 17 heavy (non-hydrogen) atoms. The van der Waals surface area contributed by atoms with Crippen LogP contribution in [0.4, 0.5) is 0 Å². The van der Waals surface area contributed by atoms with Crippen LogP contribution in [0.3, 0.4) is 0 Å². The van der Waals surface area contributed by atoms with E-state index >= 15 is 0 Å². The first-order chi connectivity index (χ1) is 8.01. The quantitative estimate of drug-likeness (QED) is 0.709. The Bertz CT molecular complexity index is 309. The summed E-state index contributed by atoms with van der Waals surface area (Å²) < 4.78 is 27.9. The van der Waals surface area contributed by atoms with Gasteiger partial charge in [0.15, 0.2) is 0 Å². The van der Waals surface area contributed by atoms with Crippen LogP contribution in [0.15, 0.2) is 0 Å². The summed E-state index contributed by atoms with van der Waals surface area (Å²) in [5.41, 5.74) is 6.00. The van der Waals surface area contributed by atoms with Crippen molar-refractivity contribution in [3.63, 3.8) is 0 Å². The molecule has 1 aliphatic heterocycles. The lowest BCUT2D eigenvalue weighted by atomic mass is 9.95. The lowest BCUT2D eigenvalue weighted by Gasteiger charge is -2.23. The average molecular weight is 263 g/mol. The fourth-order valence-corrected chi connectivity index (χ4v) is 3.61. The van der Waals surface area contributed by atoms with Gasteiger partial charge in [0, 0.05) is 25.7 Å². The van der Waals surface area contributed by atoms with Crippen molar-refractivity contribution in [2.75, 3.05) is 19.6 Å². The molecule has 102 valence electrons. The smallest absolute Gasteiger partial charge is 0.279 e. The fourth-order valence-electron chi connectivity index (χ4n) is 2.28. The van der Waals surface area contributed by atoms with Gasteiger partial charge >= 0.3 is 0 Å². The largest absolute Gasteiger partial charge is 0.326 e. The maximum absolute atomic E-state index is 11.9. The Balaban J connectivity index is 2.43. The highest BCUT2D eigenvalue weighted by atomic mass is 32.2. The molecule has 6 heteroatoms. The Morgan fingerprint density at radius 2 is 1.76 bits per heavy atom. The molecular formula is C11H25N3O2S. The van der Waals surface area contributed by atoms with Gasteiger partial charge in [0.1, 0.15) is 0 Å². The molecule has 0 radical (unpaired) electrons. The number of nitrogens with one attached hydrogen (secondary N) is 1. The molecule has 0 saturated carbocycles. The third-order valence-corrected chi connectivity index (χ3v) is 5.14. The number of hydrogen-bond acceptors (Lipinski definition) is 3. The Morgan fingerprint density at radius 3 is 2.24 bits per heavy atom. The summed E-state index contributed by atoms with van der Waals surface area (Å²) in [6.45, 7) is 5.78. The Kier molecular flexibility index (Phi) is 5.85. The highest BCUT2D eigenvalue weighted by Gasteiger charge is 2.26. The summed E-state index contributed by atoms with van der Waals surface area (Å²) in [5.74, 6) is 0.385. The van der Waals surface area contributed by atoms with Crippen molar-refractivity contribution in [2.24, 2.45) is 11.7 Å². The SMILES string of the molecule is CCC(CC)C(N)CNS(=O)(=O)N1CCCC1. The monoisotopic (exact) mass is 263 g/mol. The molecule has 0 aliphatic carbocycles. The number of nitrogens with two attached hydrogens (primary N) is 1. The van der Waals surface area contributed by atoms with Crippen LogP contribution in [0.5, 0.6) is 0 Å².